The highest BCUT2D eigenvalue weighted by atomic mass is 32.2. The summed E-state index contributed by atoms with van der Waals surface area (Å²) in [6.07, 6.45) is 2.32. The average Bonchev–Trinajstić information content (AvgIpc) is 3.14. The summed E-state index contributed by atoms with van der Waals surface area (Å²) in [5.74, 6) is 0.548. The van der Waals surface area contributed by atoms with Gasteiger partial charge in [-0.1, -0.05) is 43.3 Å². The zero-order valence-corrected chi connectivity index (χ0v) is 16.1. The van der Waals surface area contributed by atoms with Crippen molar-refractivity contribution in [3.8, 4) is 0 Å². The van der Waals surface area contributed by atoms with E-state index in [4.69, 9.17) is 0 Å². The van der Waals surface area contributed by atoms with Crippen LogP contribution in [0.2, 0.25) is 0 Å². The molecular weight excluding hydrogens is 344 g/mol. The van der Waals surface area contributed by atoms with Gasteiger partial charge in [0, 0.05) is 13.1 Å². The molecule has 2 aromatic carbocycles. The number of hydrogen-bond donors (Lipinski definition) is 0. The number of nitrogens with zero attached hydrogens (tertiary/aromatic N) is 2. The molecule has 138 valence electrons. The molecular formula is C21H26N2O2S. The quantitative estimate of drug-likeness (QED) is 0.826. The largest absolute Gasteiger partial charge is 0.304 e. The van der Waals surface area contributed by atoms with Crippen molar-refractivity contribution in [1.82, 2.24) is 9.21 Å². The molecule has 0 bridgehead atoms. The van der Waals surface area contributed by atoms with E-state index in [1.54, 1.807) is 28.6 Å². The van der Waals surface area contributed by atoms with Crippen molar-refractivity contribution < 1.29 is 8.42 Å². The number of benzene rings is 2. The van der Waals surface area contributed by atoms with Gasteiger partial charge in [0.2, 0.25) is 10.0 Å². The van der Waals surface area contributed by atoms with Crippen LogP contribution in [-0.4, -0.2) is 37.3 Å². The second kappa shape index (κ2) is 7.14. The first kappa shape index (κ1) is 17.7. The van der Waals surface area contributed by atoms with Crippen LogP contribution in [0.5, 0.6) is 0 Å². The Morgan fingerprint density at radius 1 is 0.962 bits per heavy atom. The minimum absolute atomic E-state index is 0.380. The number of sulfonamides is 1. The molecule has 2 aliphatic heterocycles. The molecule has 0 amide bonds. The number of fused-ring (bicyclic) bond motifs is 1. The van der Waals surface area contributed by atoms with E-state index in [-0.39, 0.29) is 0 Å². The Kier molecular flexibility index (Phi) is 4.86. The van der Waals surface area contributed by atoms with Crippen LogP contribution in [0.15, 0.2) is 53.4 Å². The summed E-state index contributed by atoms with van der Waals surface area (Å²) < 4.78 is 27.6. The Morgan fingerprint density at radius 3 is 2.38 bits per heavy atom. The molecule has 0 spiro atoms. The van der Waals surface area contributed by atoms with Gasteiger partial charge in [0.25, 0.3) is 0 Å². The molecule has 2 aromatic rings. The highest BCUT2D eigenvalue weighted by molar-refractivity contribution is 7.89. The Morgan fingerprint density at radius 2 is 1.69 bits per heavy atom. The molecule has 0 atom stereocenters. The van der Waals surface area contributed by atoms with Crippen molar-refractivity contribution in [2.24, 2.45) is 0 Å². The summed E-state index contributed by atoms with van der Waals surface area (Å²) in [5, 5.41) is 0. The summed E-state index contributed by atoms with van der Waals surface area (Å²) >= 11 is 0. The Hall–Kier alpha value is -1.69. The first-order chi connectivity index (χ1) is 12.6. The van der Waals surface area contributed by atoms with Crippen molar-refractivity contribution >= 4 is 10.0 Å². The third-order valence-electron chi connectivity index (χ3n) is 5.85. The van der Waals surface area contributed by atoms with Gasteiger partial charge in [-0.15, -0.1) is 0 Å². The molecule has 0 radical (unpaired) electrons. The predicted octanol–water partition coefficient (Wildman–Crippen LogP) is 3.59. The highest BCUT2D eigenvalue weighted by Crippen LogP contribution is 2.37. The second-order valence-corrected chi connectivity index (χ2v) is 9.22. The number of rotatable bonds is 4. The first-order valence-electron chi connectivity index (χ1n) is 9.48. The van der Waals surface area contributed by atoms with Crippen molar-refractivity contribution in [2.45, 2.75) is 43.7 Å². The van der Waals surface area contributed by atoms with E-state index in [2.05, 4.69) is 30.0 Å². The van der Waals surface area contributed by atoms with E-state index in [0.29, 0.717) is 23.9 Å². The molecule has 0 aromatic heterocycles. The lowest BCUT2D eigenvalue weighted by Crippen LogP contribution is -2.33. The van der Waals surface area contributed by atoms with Gasteiger partial charge in [-0.05, 0) is 67.2 Å². The van der Waals surface area contributed by atoms with Crippen LogP contribution in [-0.2, 0) is 23.1 Å². The molecule has 0 saturated carbocycles. The van der Waals surface area contributed by atoms with Crippen LogP contribution in [0.3, 0.4) is 0 Å². The molecule has 1 saturated heterocycles. The van der Waals surface area contributed by atoms with Crippen molar-refractivity contribution in [3.05, 3.63) is 65.2 Å². The summed E-state index contributed by atoms with van der Waals surface area (Å²) in [6, 6.07) is 15.2. The second-order valence-electron chi connectivity index (χ2n) is 7.28. The Bertz CT molecular complexity index is 872. The van der Waals surface area contributed by atoms with E-state index >= 15 is 0 Å². The molecule has 4 rings (SSSR count). The molecule has 2 aliphatic rings. The van der Waals surface area contributed by atoms with Gasteiger partial charge in [0.05, 0.1) is 4.90 Å². The van der Waals surface area contributed by atoms with Gasteiger partial charge in [-0.2, -0.15) is 4.31 Å². The molecule has 4 nitrogen and oxygen atoms in total. The minimum Gasteiger partial charge on any atom is -0.304 e. The smallest absolute Gasteiger partial charge is 0.243 e. The highest BCUT2D eigenvalue weighted by Gasteiger charge is 2.33. The molecule has 26 heavy (non-hydrogen) atoms. The molecule has 0 aliphatic carbocycles. The monoisotopic (exact) mass is 370 g/mol. The Balaban J connectivity index is 1.58. The third-order valence-corrected chi connectivity index (χ3v) is 7.65. The van der Waals surface area contributed by atoms with E-state index in [9.17, 15) is 8.42 Å². The van der Waals surface area contributed by atoms with Gasteiger partial charge >= 0.3 is 0 Å². The lowest BCUT2D eigenvalue weighted by molar-refractivity contribution is 0.222. The van der Waals surface area contributed by atoms with Crippen LogP contribution in [0.25, 0.3) is 0 Å². The zero-order chi connectivity index (χ0) is 18.1. The maximum atomic E-state index is 13.0. The standard InChI is InChI=1S/C21H26N2O2S/c1-2-22-13-11-17(12-14-22)20-10-6-7-18-15-23(16-21(18)20)26(24,25)19-8-4-3-5-9-19/h3-10,17H,2,11-16H2,1H3. The molecule has 1 fully saturated rings. The normalized spacial score (nSPS) is 19.6. The Labute approximate surface area is 156 Å². The lowest BCUT2D eigenvalue weighted by Gasteiger charge is -2.32. The molecule has 5 heteroatoms. The van der Waals surface area contributed by atoms with Crippen molar-refractivity contribution in [2.75, 3.05) is 19.6 Å². The van der Waals surface area contributed by atoms with Crippen LogP contribution in [0.4, 0.5) is 0 Å². The number of likely N-dealkylation sites (tertiary alicyclic amines) is 1. The van der Waals surface area contributed by atoms with E-state index in [0.717, 1.165) is 32.5 Å². The average molecular weight is 371 g/mol. The lowest BCUT2D eigenvalue weighted by atomic mass is 9.85. The number of hydrogen-bond acceptors (Lipinski definition) is 3. The van der Waals surface area contributed by atoms with Gasteiger partial charge in [0.1, 0.15) is 0 Å². The summed E-state index contributed by atoms with van der Waals surface area (Å²) in [6.45, 7) is 6.58. The summed E-state index contributed by atoms with van der Waals surface area (Å²) in [7, 11) is -3.44. The fraction of sp³-hybridized carbons (Fsp3) is 0.429. The van der Waals surface area contributed by atoms with E-state index < -0.39 is 10.0 Å². The predicted molar refractivity (Wildman–Crippen MR) is 103 cm³/mol. The summed E-state index contributed by atoms with van der Waals surface area (Å²) in [5.41, 5.74) is 3.77. The van der Waals surface area contributed by atoms with Crippen LogP contribution >= 0.6 is 0 Å². The fourth-order valence-electron chi connectivity index (χ4n) is 4.27. The minimum atomic E-state index is -3.44. The SMILES string of the molecule is CCN1CCC(c2cccc3c2CN(S(=O)(=O)c2ccccc2)C3)CC1. The van der Waals surface area contributed by atoms with Crippen LogP contribution in [0, 0.1) is 0 Å². The van der Waals surface area contributed by atoms with Gasteiger partial charge in [-0.25, -0.2) is 8.42 Å². The third kappa shape index (κ3) is 3.20. The molecule has 2 heterocycles. The van der Waals surface area contributed by atoms with E-state index in [1.807, 2.05) is 6.07 Å². The molecule has 0 unspecified atom stereocenters. The first-order valence-corrected chi connectivity index (χ1v) is 10.9. The van der Waals surface area contributed by atoms with Gasteiger partial charge in [-0.3, -0.25) is 0 Å². The van der Waals surface area contributed by atoms with Crippen LogP contribution < -0.4 is 0 Å². The number of piperidine rings is 1. The molecule has 0 N–H and O–H groups in total. The topological polar surface area (TPSA) is 40.6 Å². The zero-order valence-electron chi connectivity index (χ0n) is 15.3. The van der Waals surface area contributed by atoms with Gasteiger partial charge < -0.3 is 4.90 Å². The van der Waals surface area contributed by atoms with Crippen molar-refractivity contribution in [3.63, 3.8) is 0 Å². The maximum Gasteiger partial charge on any atom is 0.243 e. The maximum absolute atomic E-state index is 13.0. The van der Waals surface area contributed by atoms with E-state index in [1.165, 1.54) is 16.7 Å². The van der Waals surface area contributed by atoms with Gasteiger partial charge in [0.15, 0.2) is 0 Å². The fourth-order valence-corrected chi connectivity index (χ4v) is 5.68. The van der Waals surface area contributed by atoms with Crippen molar-refractivity contribution in [1.29, 1.82) is 0 Å². The summed E-state index contributed by atoms with van der Waals surface area (Å²) in [4.78, 5) is 2.87. The van der Waals surface area contributed by atoms with Crippen LogP contribution in [0.1, 0.15) is 42.4 Å².